The Morgan fingerprint density at radius 2 is 1.06 bits per heavy atom. The SMILES string of the molecule is N#Cc1ccc(-c2csc(NC(=O)C(=O)Nc3nc(-c4ccc(C#N)cc4)cs3)n2)cc1. The van der Waals surface area contributed by atoms with E-state index in [4.69, 9.17) is 10.5 Å². The number of nitrogens with zero attached hydrogens (tertiary/aromatic N) is 4. The van der Waals surface area contributed by atoms with Gasteiger partial charge in [0.15, 0.2) is 10.3 Å². The van der Waals surface area contributed by atoms with Gasteiger partial charge >= 0.3 is 11.8 Å². The molecule has 0 aliphatic rings. The third kappa shape index (κ3) is 4.68. The van der Waals surface area contributed by atoms with Crippen molar-refractivity contribution in [2.45, 2.75) is 0 Å². The summed E-state index contributed by atoms with van der Waals surface area (Å²) in [4.78, 5) is 33.1. The number of hydrogen-bond donors (Lipinski definition) is 2. The first-order valence-electron chi connectivity index (χ1n) is 9.10. The Morgan fingerprint density at radius 3 is 1.41 bits per heavy atom. The first kappa shape index (κ1) is 20.9. The third-order valence-corrected chi connectivity index (χ3v) is 5.79. The highest BCUT2D eigenvalue weighted by atomic mass is 32.1. The molecular formula is C22H12N6O2S2. The molecule has 4 aromatic rings. The summed E-state index contributed by atoms with van der Waals surface area (Å²) in [5, 5.41) is 26.8. The lowest BCUT2D eigenvalue weighted by Crippen LogP contribution is -2.28. The zero-order valence-corrected chi connectivity index (χ0v) is 17.8. The van der Waals surface area contributed by atoms with Crippen LogP contribution in [-0.2, 0) is 9.59 Å². The smallest absolute Gasteiger partial charge is 0.294 e. The molecular weight excluding hydrogens is 444 g/mol. The summed E-state index contributed by atoms with van der Waals surface area (Å²) in [6.07, 6.45) is 0. The largest absolute Gasteiger partial charge is 0.315 e. The number of carbonyl (C=O) groups is 2. The van der Waals surface area contributed by atoms with Crippen molar-refractivity contribution in [3.05, 3.63) is 70.4 Å². The monoisotopic (exact) mass is 456 g/mol. The van der Waals surface area contributed by atoms with Crippen LogP contribution in [0.1, 0.15) is 11.1 Å². The van der Waals surface area contributed by atoms with E-state index >= 15 is 0 Å². The van der Waals surface area contributed by atoms with Gasteiger partial charge in [-0.2, -0.15) is 10.5 Å². The number of amides is 2. The van der Waals surface area contributed by atoms with E-state index < -0.39 is 11.8 Å². The fraction of sp³-hybridized carbons (Fsp3) is 0. The molecule has 0 unspecified atom stereocenters. The van der Waals surface area contributed by atoms with Crippen molar-refractivity contribution in [1.82, 2.24) is 9.97 Å². The molecule has 154 valence electrons. The first-order chi connectivity index (χ1) is 15.6. The van der Waals surface area contributed by atoms with Crippen LogP contribution >= 0.6 is 22.7 Å². The number of carbonyl (C=O) groups excluding carboxylic acids is 2. The van der Waals surface area contributed by atoms with Crippen LogP contribution < -0.4 is 10.6 Å². The molecule has 2 amide bonds. The summed E-state index contributed by atoms with van der Waals surface area (Å²) in [6, 6.07) is 17.9. The van der Waals surface area contributed by atoms with Crippen molar-refractivity contribution >= 4 is 44.8 Å². The molecule has 0 bridgehead atoms. The minimum atomic E-state index is -0.860. The van der Waals surface area contributed by atoms with E-state index in [0.29, 0.717) is 22.5 Å². The molecule has 0 atom stereocenters. The minimum Gasteiger partial charge on any atom is -0.294 e. The molecule has 2 aromatic heterocycles. The number of rotatable bonds is 4. The maximum atomic E-state index is 12.2. The zero-order chi connectivity index (χ0) is 22.5. The van der Waals surface area contributed by atoms with Crippen molar-refractivity contribution in [3.63, 3.8) is 0 Å². The number of nitriles is 2. The van der Waals surface area contributed by atoms with Crippen LogP contribution in [-0.4, -0.2) is 21.8 Å². The van der Waals surface area contributed by atoms with E-state index in [1.54, 1.807) is 59.3 Å². The van der Waals surface area contributed by atoms with Gasteiger partial charge in [-0.1, -0.05) is 24.3 Å². The van der Waals surface area contributed by atoms with Gasteiger partial charge in [-0.15, -0.1) is 22.7 Å². The second-order valence-corrected chi connectivity index (χ2v) is 8.08. The summed E-state index contributed by atoms with van der Waals surface area (Å²) >= 11 is 2.37. The molecule has 2 heterocycles. The molecule has 32 heavy (non-hydrogen) atoms. The Balaban J connectivity index is 1.38. The van der Waals surface area contributed by atoms with Crippen LogP contribution in [0.3, 0.4) is 0 Å². The maximum Gasteiger partial charge on any atom is 0.315 e. The number of nitrogens with one attached hydrogen (secondary N) is 2. The van der Waals surface area contributed by atoms with Crippen LogP contribution in [0.5, 0.6) is 0 Å². The Morgan fingerprint density at radius 1 is 0.688 bits per heavy atom. The van der Waals surface area contributed by atoms with E-state index in [1.165, 1.54) is 22.7 Å². The van der Waals surface area contributed by atoms with Crippen LogP contribution in [0.15, 0.2) is 59.3 Å². The molecule has 4 rings (SSSR count). The van der Waals surface area contributed by atoms with Crippen LogP contribution in [0, 0.1) is 22.7 Å². The normalized spacial score (nSPS) is 10.1. The molecule has 0 fully saturated rings. The van der Waals surface area contributed by atoms with Crippen molar-refractivity contribution in [3.8, 4) is 34.7 Å². The highest BCUT2D eigenvalue weighted by Crippen LogP contribution is 2.26. The predicted octanol–water partition coefficient (Wildman–Crippen LogP) is 4.25. The number of hydrogen-bond acceptors (Lipinski definition) is 8. The average Bonchev–Trinajstić information content (AvgIpc) is 3.49. The maximum absolute atomic E-state index is 12.2. The molecule has 0 saturated heterocycles. The second-order valence-electron chi connectivity index (χ2n) is 6.36. The van der Waals surface area contributed by atoms with E-state index in [2.05, 4.69) is 20.6 Å². The molecule has 0 aliphatic heterocycles. The van der Waals surface area contributed by atoms with Crippen LogP contribution in [0.4, 0.5) is 10.3 Å². The Labute approximate surface area is 190 Å². The number of aromatic nitrogens is 2. The lowest BCUT2D eigenvalue weighted by Gasteiger charge is -2.01. The molecule has 2 N–H and O–H groups in total. The first-order valence-corrected chi connectivity index (χ1v) is 10.9. The molecule has 0 spiro atoms. The zero-order valence-electron chi connectivity index (χ0n) is 16.2. The van der Waals surface area contributed by atoms with Gasteiger partial charge in [-0.25, -0.2) is 9.97 Å². The standard InChI is InChI=1S/C22H12N6O2S2/c23-9-13-1-5-15(6-2-13)17-11-31-21(25-17)27-19(29)20(30)28-22-26-18(12-32-22)16-7-3-14(10-24)4-8-16/h1-8,11-12H,(H,25,27,29)(H,26,28,30). The van der Waals surface area contributed by atoms with Crippen LogP contribution in [0.2, 0.25) is 0 Å². The summed E-state index contributed by atoms with van der Waals surface area (Å²) in [6.45, 7) is 0. The fourth-order valence-electron chi connectivity index (χ4n) is 2.67. The van der Waals surface area contributed by atoms with Crippen molar-refractivity contribution in [1.29, 1.82) is 10.5 Å². The summed E-state index contributed by atoms with van der Waals surface area (Å²) in [7, 11) is 0. The fourth-order valence-corrected chi connectivity index (χ4v) is 4.10. The highest BCUT2D eigenvalue weighted by molar-refractivity contribution is 7.14. The van der Waals surface area contributed by atoms with Gasteiger partial charge in [-0.3, -0.25) is 20.2 Å². The Bertz CT molecular complexity index is 1270. The minimum absolute atomic E-state index is 0.280. The van der Waals surface area contributed by atoms with E-state index in [1.807, 2.05) is 12.1 Å². The predicted molar refractivity (Wildman–Crippen MR) is 122 cm³/mol. The van der Waals surface area contributed by atoms with Gasteiger partial charge in [0.2, 0.25) is 0 Å². The second kappa shape index (κ2) is 9.18. The lowest BCUT2D eigenvalue weighted by molar-refractivity contribution is -0.132. The molecule has 0 aliphatic carbocycles. The van der Waals surface area contributed by atoms with Gasteiger partial charge in [0.1, 0.15) is 0 Å². The van der Waals surface area contributed by atoms with E-state index in [-0.39, 0.29) is 10.3 Å². The summed E-state index contributed by atoms with van der Waals surface area (Å²) in [5.41, 5.74) is 3.92. The van der Waals surface area contributed by atoms with Crippen molar-refractivity contribution < 1.29 is 9.59 Å². The molecule has 10 heteroatoms. The number of benzene rings is 2. The van der Waals surface area contributed by atoms with E-state index in [9.17, 15) is 9.59 Å². The molecule has 2 aromatic carbocycles. The highest BCUT2D eigenvalue weighted by Gasteiger charge is 2.18. The Kier molecular flexibility index (Phi) is 5.99. The molecule has 8 nitrogen and oxygen atoms in total. The Hall–Kier alpha value is -4.38. The van der Waals surface area contributed by atoms with Gasteiger partial charge in [0, 0.05) is 21.9 Å². The van der Waals surface area contributed by atoms with Crippen LogP contribution in [0.25, 0.3) is 22.5 Å². The summed E-state index contributed by atoms with van der Waals surface area (Å²) < 4.78 is 0. The van der Waals surface area contributed by atoms with Gasteiger partial charge in [0.05, 0.1) is 34.7 Å². The van der Waals surface area contributed by atoms with Crippen molar-refractivity contribution in [2.24, 2.45) is 0 Å². The topological polar surface area (TPSA) is 132 Å². The van der Waals surface area contributed by atoms with E-state index in [0.717, 1.165) is 11.1 Å². The molecule has 0 radical (unpaired) electrons. The number of anilines is 2. The third-order valence-electron chi connectivity index (χ3n) is 4.28. The summed E-state index contributed by atoms with van der Waals surface area (Å²) in [5.74, 6) is -1.72. The van der Waals surface area contributed by atoms with Gasteiger partial charge < -0.3 is 0 Å². The number of thiazole rings is 2. The quantitative estimate of drug-likeness (QED) is 0.441. The van der Waals surface area contributed by atoms with Gasteiger partial charge in [0.25, 0.3) is 0 Å². The van der Waals surface area contributed by atoms with Gasteiger partial charge in [-0.05, 0) is 24.3 Å². The van der Waals surface area contributed by atoms with Crippen molar-refractivity contribution in [2.75, 3.05) is 10.6 Å². The molecule has 0 saturated carbocycles. The lowest BCUT2D eigenvalue weighted by atomic mass is 10.1. The average molecular weight is 457 g/mol.